The van der Waals surface area contributed by atoms with Gasteiger partial charge in [-0.1, -0.05) is 27.7 Å². The van der Waals surface area contributed by atoms with Crippen LogP contribution in [0.1, 0.15) is 54.4 Å². The SMILES string of the molecule is CCOC(=O)C1OC1C(=O)NNC(=O)[C@H](CC(C)C)NC(=O)[C@H](CC(C)C)NC(C)=O. The van der Waals surface area contributed by atoms with E-state index in [1.54, 1.807) is 6.92 Å². The minimum atomic E-state index is -1.03. The summed E-state index contributed by atoms with van der Waals surface area (Å²) in [6, 6.07) is -1.71. The molecule has 0 aromatic heterocycles. The highest BCUT2D eigenvalue weighted by molar-refractivity contribution is 5.95. The van der Waals surface area contributed by atoms with Gasteiger partial charge in [0.1, 0.15) is 12.1 Å². The topological polar surface area (TPSA) is 155 Å². The maximum absolute atomic E-state index is 12.7. The molecule has 1 rings (SSSR count). The smallest absolute Gasteiger partial charge is 0.338 e. The first kappa shape index (κ1) is 26.3. The number of esters is 1. The van der Waals surface area contributed by atoms with Gasteiger partial charge in [0, 0.05) is 6.92 Å². The minimum absolute atomic E-state index is 0.0658. The van der Waals surface area contributed by atoms with E-state index in [-0.39, 0.29) is 24.3 Å². The van der Waals surface area contributed by atoms with Crippen molar-refractivity contribution in [3.8, 4) is 0 Å². The molecule has 1 aliphatic rings. The third-order valence-electron chi connectivity index (χ3n) is 4.32. The fraction of sp³-hybridized carbons (Fsp3) is 0.750. The van der Waals surface area contributed by atoms with Crippen LogP contribution in [-0.2, 0) is 33.4 Å². The number of carbonyl (C=O) groups excluding carboxylic acids is 5. The summed E-state index contributed by atoms with van der Waals surface area (Å²) in [5, 5.41) is 5.24. The lowest BCUT2D eigenvalue weighted by atomic mass is 10.00. The van der Waals surface area contributed by atoms with Crippen LogP contribution in [0.25, 0.3) is 0 Å². The van der Waals surface area contributed by atoms with Crippen molar-refractivity contribution in [1.29, 1.82) is 0 Å². The Morgan fingerprint density at radius 2 is 1.39 bits per heavy atom. The maximum atomic E-state index is 12.7. The Balaban J connectivity index is 2.68. The summed E-state index contributed by atoms with van der Waals surface area (Å²) in [4.78, 5) is 60.3. The fourth-order valence-electron chi connectivity index (χ4n) is 2.92. The highest BCUT2D eigenvalue weighted by Gasteiger charge is 2.51. The fourth-order valence-corrected chi connectivity index (χ4v) is 2.92. The number of rotatable bonds is 11. The molecule has 1 fully saturated rings. The minimum Gasteiger partial charge on any atom is -0.464 e. The molecule has 0 radical (unpaired) electrons. The predicted molar refractivity (Wildman–Crippen MR) is 110 cm³/mol. The zero-order valence-corrected chi connectivity index (χ0v) is 18.9. The summed E-state index contributed by atoms with van der Waals surface area (Å²) in [7, 11) is 0. The summed E-state index contributed by atoms with van der Waals surface area (Å²) < 4.78 is 9.74. The molecule has 2 unspecified atom stereocenters. The van der Waals surface area contributed by atoms with Crippen LogP contribution in [0.2, 0.25) is 0 Å². The molecular formula is C20H34N4O7. The zero-order chi connectivity index (χ0) is 23.7. The molecule has 0 bridgehead atoms. The second-order valence-electron chi connectivity index (χ2n) is 8.28. The highest BCUT2D eigenvalue weighted by atomic mass is 16.6. The lowest BCUT2D eigenvalue weighted by Crippen LogP contribution is -2.57. The van der Waals surface area contributed by atoms with Gasteiger partial charge in [0.05, 0.1) is 6.61 Å². The summed E-state index contributed by atoms with van der Waals surface area (Å²) in [6.07, 6.45) is -1.30. The average Bonchev–Trinajstić information content (AvgIpc) is 3.44. The molecule has 0 aliphatic carbocycles. The van der Waals surface area contributed by atoms with E-state index in [1.807, 2.05) is 27.7 Å². The van der Waals surface area contributed by atoms with Crippen molar-refractivity contribution >= 4 is 29.6 Å². The molecular weight excluding hydrogens is 408 g/mol. The number of ether oxygens (including phenoxy) is 2. The van der Waals surface area contributed by atoms with Crippen LogP contribution in [-0.4, -0.2) is 60.5 Å². The van der Waals surface area contributed by atoms with Gasteiger partial charge in [-0.15, -0.1) is 0 Å². The van der Waals surface area contributed by atoms with E-state index in [9.17, 15) is 24.0 Å². The van der Waals surface area contributed by atoms with Gasteiger partial charge in [-0.3, -0.25) is 30.0 Å². The second-order valence-corrected chi connectivity index (χ2v) is 8.28. The molecule has 0 aromatic carbocycles. The highest BCUT2D eigenvalue weighted by Crippen LogP contribution is 2.23. The van der Waals surface area contributed by atoms with E-state index in [4.69, 9.17) is 9.47 Å². The van der Waals surface area contributed by atoms with E-state index in [1.165, 1.54) is 6.92 Å². The number of hydrogen-bond acceptors (Lipinski definition) is 7. The van der Waals surface area contributed by atoms with Gasteiger partial charge in [-0.2, -0.15) is 0 Å². The first-order valence-corrected chi connectivity index (χ1v) is 10.4. The number of hydrogen-bond donors (Lipinski definition) is 4. The molecule has 4 N–H and O–H groups in total. The molecule has 11 heteroatoms. The van der Waals surface area contributed by atoms with Crippen molar-refractivity contribution in [2.45, 2.75) is 78.7 Å². The van der Waals surface area contributed by atoms with Crippen molar-refractivity contribution in [2.24, 2.45) is 11.8 Å². The molecule has 4 amide bonds. The third kappa shape index (κ3) is 9.33. The molecule has 0 aromatic rings. The van der Waals surface area contributed by atoms with Crippen molar-refractivity contribution in [2.75, 3.05) is 6.61 Å². The van der Waals surface area contributed by atoms with Gasteiger partial charge in [0.25, 0.3) is 11.8 Å². The Hall–Kier alpha value is -2.69. The van der Waals surface area contributed by atoms with E-state index in [0.29, 0.717) is 12.8 Å². The van der Waals surface area contributed by atoms with Crippen LogP contribution >= 0.6 is 0 Å². The van der Waals surface area contributed by atoms with Gasteiger partial charge in [0.2, 0.25) is 11.8 Å². The van der Waals surface area contributed by atoms with Gasteiger partial charge < -0.3 is 20.1 Å². The molecule has 11 nitrogen and oxygen atoms in total. The molecule has 0 spiro atoms. The van der Waals surface area contributed by atoms with Crippen LogP contribution in [0.4, 0.5) is 0 Å². The van der Waals surface area contributed by atoms with Crippen LogP contribution in [0.3, 0.4) is 0 Å². The molecule has 1 aliphatic heterocycles. The standard InChI is InChI=1S/C20H34N4O7/c1-7-30-20(29)16-15(31-16)19(28)24-23-18(27)14(9-11(4)5)22-17(26)13(8-10(2)3)21-12(6)25/h10-11,13-16H,7-9H2,1-6H3,(H,21,25)(H,22,26)(H,23,27)(H,24,28)/t13-,14-,15?,16?/m0/s1. The van der Waals surface area contributed by atoms with Crippen molar-refractivity contribution in [1.82, 2.24) is 21.5 Å². The number of carbonyl (C=O) groups is 5. The zero-order valence-electron chi connectivity index (χ0n) is 18.9. The summed E-state index contributed by atoms with van der Waals surface area (Å²) >= 11 is 0. The van der Waals surface area contributed by atoms with Crippen LogP contribution in [0, 0.1) is 11.8 Å². The molecule has 31 heavy (non-hydrogen) atoms. The molecule has 0 saturated carbocycles. The van der Waals surface area contributed by atoms with E-state index < -0.39 is 48.0 Å². The van der Waals surface area contributed by atoms with E-state index in [0.717, 1.165) is 0 Å². The Morgan fingerprint density at radius 1 is 0.839 bits per heavy atom. The van der Waals surface area contributed by atoms with Crippen LogP contribution in [0.15, 0.2) is 0 Å². The lowest BCUT2D eigenvalue weighted by Gasteiger charge is -2.24. The molecule has 1 heterocycles. The van der Waals surface area contributed by atoms with Gasteiger partial charge in [-0.05, 0) is 31.6 Å². The predicted octanol–water partition coefficient (Wildman–Crippen LogP) is -0.454. The summed E-state index contributed by atoms with van der Waals surface area (Å²) in [5.74, 6) is -2.59. The quantitative estimate of drug-likeness (QED) is 0.192. The van der Waals surface area contributed by atoms with Gasteiger partial charge in [0.15, 0.2) is 12.2 Å². The van der Waals surface area contributed by atoms with E-state index in [2.05, 4.69) is 21.5 Å². The summed E-state index contributed by atoms with van der Waals surface area (Å²) in [6.45, 7) is 10.7. The Bertz CT molecular complexity index is 680. The first-order valence-electron chi connectivity index (χ1n) is 10.4. The van der Waals surface area contributed by atoms with Gasteiger partial charge >= 0.3 is 5.97 Å². The Morgan fingerprint density at radius 3 is 1.87 bits per heavy atom. The monoisotopic (exact) mass is 442 g/mol. The van der Waals surface area contributed by atoms with E-state index >= 15 is 0 Å². The Kier molecular flexibility index (Phi) is 10.4. The average molecular weight is 443 g/mol. The normalized spacial score (nSPS) is 19.2. The van der Waals surface area contributed by atoms with Crippen LogP contribution < -0.4 is 21.5 Å². The molecule has 1 saturated heterocycles. The number of epoxide rings is 1. The summed E-state index contributed by atoms with van der Waals surface area (Å²) in [5.41, 5.74) is 4.45. The molecule has 4 atom stereocenters. The van der Waals surface area contributed by atoms with Crippen molar-refractivity contribution in [3.63, 3.8) is 0 Å². The lowest BCUT2D eigenvalue weighted by molar-refractivity contribution is -0.144. The Labute approximate surface area is 182 Å². The largest absolute Gasteiger partial charge is 0.464 e. The maximum Gasteiger partial charge on any atom is 0.338 e. The number of amides is 4. The van der Waals surface area contributed by atoms with Gasteiger partial charge in [-0.25, -0.2) is 4.79 Å². The first-order chi connectivity index (χ1) is 14.5. The molecule has 176 valence electrons. The second kappa shape index (κ2) is 12.2. The number of nitrogens with one attached hydrogen (secondary N) is 4. The van der Waals surface area contributed by atoms with Crippen molar-refractivity contribution in [3.05, 3.63) is 0 Å². The van der Waals surface area contributed by atoms with Crippen LogP contribution in [0.5, 0.6) is 0 Å². The third-order valence-corrected chi connectivity index (χ3v) is 4.32. The van der Waals surface area contributed by atoms with Crippen molar-refractivity contribution < 1.29 is 33.4 Å². The number of hydrazine groups is 1.